The van der Waals surface area contributed by atoms with Gasteiger partial charge in [0.25, 0.3) is 0 Å². The molecule has 1 fully saturated rings. The van der Waals surface area contributed by atoms with Gasteiger partial charge in [0.05, 0.1) is 12.6 Å². The third-order valence-electron chi connectivity index (χ3n) is 8.20. The SMILES string of the molecule is CC(C)COC(=O)N[C@H]1CC/C=C\CCC[C@@H](C(=O)C(=O)CCC(=O)N[C@H](C(=O)OC(C)(C)C)c2ccccc2)NC(=O)[C@@H]2CCCN2C1=O. The van der Waals surface area contributed by atoms with Gasteiger partial charge in [-0.15, -0.1) is 0 Å². The van der Waals surface area contributed by atoms with Gasteiger partial charge in [0.2, 0.25) is 29.3 Å². The van der Waals surface area contributed by atoms with Crippen molar-refractivity contribution in [1.29, 1.82) is 0 Å². The van der Waals surface area contributed by atoms with Crippen molar-refractivity contribution in [3.05, 3.63) is 48.0 Å². The van der Waals surface area contributed by atoms with Crippen molar-refractivity contribution in [2.45, 2.75) is 122 Å². The van der Waals surface area contributed by atoms with E-state index in [-0.39, 0.29) is 25.4 Å². The Morgan fingerprint density at radius 3 is 2.32 bits per heavy atom. The maximum absolute atomic E-state index is 13.6. The minimum absolute atomic E-state index is 0.117. The Kier molecular flexibility index (Phi) is 15.2. The van der Waals surface area contributed by atoms with Gasteiger partial charge in [-0.1, -0.05) is 56.3 Å². The summed E-state index contributed by atoms with van der Waals surface area (Å²) in [5, 5.41) is 7.99. The fraction of sp³-hybridized carbons (Fsp3) is 0.595. The maximum Gasteiger partial charge on any atom is 0.407 e. The van der Waals surface area contributed by atoms with E-state index in [2.05, 4.69) is 16.0 Å². The predicted molar refractivity (Wildman–Crippen MR) is 184 cm³/mol. The van der Waals surface area contributed by atoms with Gasteiger partial charge >= 0.3 is 12.1 Å². The van der Waals surface area contributed by atoms with E-state index in [9.17, 15) is 33.6 Å². The first kappa shape index (κ1) is 39.9. The fourth-order valence-corrected chi connectivity index (χ4v) is 5.72. The number of ether oxygens (including phenoxy) is 2. The Hall–Kier alpha value is -4.55. The average molecular weight is 697 g/mol. The first-order chi connectivity index (χ1) is 23.7. The van der Waals surface area contributed by atoms with E-state index in [1.807, 2.05) is 26.0 Å². The van der Waals surface area contributed by atoms with Crippen LogP contribution in [0, 0.1) is 5.92 Å². The zero-order valence-corrected chi connectivity index (χ0v) is 29.8. The molecular weight excluding hydrogens is 644 g/mol. The van der Waals surface area contributed by atoms with Crippen molar-refractivity contribution in [2.24, 2.45) is 5.92 Å². The number of alkyl carbamates (subject to hydrolysis) is 1. The second-order valence-corrected chi connectivity index (χ2v) is 14.2. The Morgan fingerprint density at radius 1 is 0.940 bits per heavy atom. The number of allylic oxidation sites excluding steroid dienone is 2. The largest absolute Gasteiger partial charge is 0.458 e. The van der Waals surface area contributed by atoms with Crippen molar-refractivity contribution < 1.29 is 43.0 Å². The summed E-state index contributed by atoms with van der Waals surface area (Å²) in [4.78, 5) is 93.5. The molecule has 13 nitrogen and oxygen atoms in total. The quantitative estimate of drug-likeness (QED) is 0.176. The van der Waals surface area contributed by atoms with Crippen molar-refractivity contribution >= 4 is 41.4 Å². The number of carbonyl (C=O) groups is 7. The van der Waals surface area contributed by atoms with Crippen LogP contribution in [0.5, 0.6) is 0 Å². The summed E-state index contributed by atoms with van der Waals surface area (Å²) >= 11 is 0. The number of nitrogens with one attached hydrogen (secondary N) is 3. The minimum Gasteiger partial charge on any atom is -0.458 e. The molecule has 0 aliphatic carbocycles. The third kappa shape index (κ3) is 12.7. The summed E-state index contributed by atoms with van der Waals surface area (Å²) in [5.74, 6) is -3.82. The van der Waals surface area contributed by atoms with E-state index >= 15 is 0 Å². The highest BCUT2D eigenvalue weighted by Crippen LogP contribution is 2.22. The molecule has 0 saturated carbocycles. The lowest BCUT2D eigenvalue weighted by Crippen LogP contribution is -2.55. The highest BCUT2D eigenvalue weighted by molar-refractivity contribution is 6.39. The standard InChI is InChI=1S/C37H52N4O9/c1-24(2)23-49-36(48)39-27-18-13-8-6-7-12-17-26(38-33(45)28-19-14-22-41(28)34(27)46)32(44)29(42)20-21-30(43)40-31(25-15-10-9-11-16-25)35(47)50-37(3,4)5/h6,8-11,15-16,24,26-28,31H,7,12-14,17-23H2,1-5H3,(H,38,45)(H,39,48)(H,40,43)/b8-6-/t26-,27-,28-,31-/m0/s1. The molecule has 2 aliphatic rings. The van der Waals surface area contributed by atoms with E-state index < -0.39 is 77.5 Å². The molecule has 2 heterocycles. The lowest BCUT2D eigenvalue weighted by Gasteiger charge is -2.29. The van der Waals surface area contributed by atoms with E-state index in [4.69, 9.17) is 9.47 Å². The van der Waals surface area contributed by atoms with Crippen molar-refractivity contribution in [2.75, 3.05) is 13.2 Å². The molecular formula is C37H52N4O9. The maximum atomic E-state index is 13.6. The molecule has 0 radical (unpaired) electrons. The molecule has 4 atom stereocenters. The number of hydrogen-bond donors (Lipinski definition) is 3. The molecule has 1 aromatic rings. The highest BCUT2D eigenvalue weighted by Gasteiger charge is 2.39. The minimum atomic E-state index is -1.15. The smallest absolute Gasteiger partial charge is 0.407 e. The van der Waals surface area contributed by atoms with Gasteiger partial charge in [-0.3, -0.25) is 24.0 Å². The average Bonchev–Trinajstić information content (AvgIpc) is 3.56. The zero-order chi connectivity index (χ0) is 36.8. The number of amides is 4. The lowest BCUT2D eigenvalue weighted by atomic mass is 9.98. The Bertz CT molecular complexity index is 1400. The molecule has 3 rings (SSSR count). The topological polar surface area (TPSA) is 177 Å². The van der Waals surface area contributed by atoms with Gasteiger partial charge in [-0.05, 0) is 77.2 Å². The molecule has 0 aromatic heterocycles. The first-order valence-electron chi connectivity index (χ1n) is 17.5. The summed E-state index contributed by atoms with van der Waals surface area (Å²) in [7, 11) is 0. The molecule has 1 aromatic carbocycles. The van der Waals surface area contributed by atoms with Crippen LogP contribution < -0.4 is 16.0 Å². The van der Waals surface area contributed by atoms with Crippen LogP contribution in [0.4, 0.5) is 4.79 Å². The normalized spacial score (nSPS) is 21.6. The Balaban J connectivity index is 1.68. The van der Waals surface area contributed by atoms with Gasteiger partial charge < -0.3 is 30.3 Å². The van der Waals surface area contributed by atoms with Crippen LogP contribution in [0.3, 0.4) is 0 Å². The molecule has 1 saturated heterocycles. The molecule has 0 spiro atoms. The predicted octanol–water partition coefficient (Wildman–Crippen LogP) is 3.85. The van der Waals surface area contributed by atoms with Crippen molar-refractivity contribution in [1.82, 2.24) is 20.9 Å². The highest BCUT2D eigenvalue weighted by atomic mass is 16.6. The molecule has 13 heteroatoms. The number of rotatable bonds is 11. The molecule has 0 bridgehead atoms. The number of benzene rings is 1. The van der Waals surface area contributed by atoms with Crippen LogP contribution in [0.1, 0.15) is 104 Å². The van der Waals surface area contributed by atoms with Gasteiger partial charge in [-0.25, -0.2) is 9.59 Å². The third-order valence-corrected chi connectivity index (χ3v) is 8.20. The number of hydrogen-bond acceptors (Lipinski definition) is 9. The number of esters is 1. The summed E-state index contributed by atoms with van der Waals surface area (Å²) in [6.07, 6.45) is 5.25. The zero-order valence-electron chi connectivity index (χ0n) is 29.8. The summed E-state index contributed by atoms with van der Waals surface area (Å²) < 4.78 is 10.7. The fourth-order valence-electron chi connectivity index (χ4n) is 5.72. The van der Waals surface area contributed by atoms with Crippen molar-refractivity contribution in [3.8, 4) is 0 Å². The molecule has 2 aliphatic heterocycles. The molecule has 4 amide bonds. The van der Waals surface area contributed by atoms with Crippen LogP contribution in [0.15, 0.2) is 42.5 Å². The second kappa shape index (κ2) is 19.0. The van der Waals surface area contributed by atoms with Crippen LogP contribution >= 0.6 is 0 Å². The summed E-state index contributed by atoms with van der Waals surface area (Å²) in [6, 6.07) is 4.51. The second-order valence-electron chi connectivity index (χ2n) is 14.2. The Labute approximate surface area is 294 Å². The number of ketones is 2. The molecule has 0 unspecified atom stereocenters. The number of Topliss-reactive ketones (excluding diaryl/α,β-unsaturated/α-hetero) is 2. The van der Waals surface area contributed by atoms with E-state index in [0.29, 0.717) is 50.6 Å². The molecule has 50 heavy (non-hydrogen) atoms. The van der Waals surface area contributed by atoms with Gasteiger partial charge in [-0.2, -0.15) is 0 Å². The summed E-state index contributed by atoms with van der Waals surface area (Å²) in [6.45, 7) is 9.43. The van der Waals surface area contributed by atoms with E-state index in [1.54, 1.807) is 51.1 Å². The van der Waals surface area contributed by atoms with Crippen LogP contribution in [0.25, 0.3) is 0 Å². The number of carbonyl (C=O) groups excluding carboxylic acids is 7. The molecule has 274 valence electrons. The van der Waals surface area contributed by atoms with Gasteiger partial charge in [0.15, 0.2) is 6.04 Å². The van der Waals surface area contributed by atoms with Crippen LogP contribution in [0.2, 0.25) is 0 Å². The first-order valence-corrected chi connectivity index (χ1v) is 17.5. The van der Waals surface area contributed by atoms with Gasteiger partial charge in [0.1, 0.15) is 17.7 Å². The summed E-state index contributed by atoms with van der Waals surface area (Å²) in [5.41, 5.74) is -0.298. The number of fused-ring (bicyclic) bond motifs is 1. The van der Waals surface area contributed by atoms with Crippen LogP contribution in [-0.4, -0.2) is 83.1 Å². The van der Waals surface area contributed by atoms with Crippen molar-refractivity contribution in [3.63, 3.8) is 0 Å². The monoisotopic (exact) mass is 696 g/mol. The van der Waals surface area contributed by atoms with E-state index in [0.717, 1.165) is 0 Å². The van der Waals surface area contributed by atoms with Gasteiger partial charge in [0, 0.05) is 19.4 Å². The Morgan fingerprint density at radius 2 is 1.64 bits per heavy atom. The van der Waals surface area contributed by atoms with E-state index in [1.165, 1.54) is 4.90 Å². The molecule has 3 N–H and O–H groups in total. The number of nitrogens with zero attached hydrogens (tertiary/aromatic N) is 1. The lowest BCUT2D eigenvalue weighted by molar-refractivity contribution is -0.159. The van der Waals surface area contributed by atoms with Crippen LogP contribution in [-0.2, 0) is 38.2 Å².